The molecular formula is C26H23ClN4O3. The number of nitrogens with zero attached hydrogens (tertiary/aromatic N) is 2. The number of benzene rings is 3. The highest BCUT2D eigenvalue weighted by Gasteiger charge is 2.16. The number of halogens is 1. The van der Waals surface area contributed by atoms with Crippen molar-refractivity contribution in [1.82, 2.24) is 15.1 Å². The number of anilines is 2. The van der Waals surface area contributed by atoms with Crippen LogP contribution in [0.1, 0.15) is 23.7 Å². The molecule has 0 radical (unpaired) electrons. The molecule has 1 aromatic heterocycles. The summed E-state index contributed by atoms with van der Waals surface area (Å²) >= 11 is 6.09. The van der Waals surface area contributed by atoms with Gasteiger partial charge in [0.25, 0.3) is 11.5 Å². The second-order valence-electron chi connectivity index (χ2n) is 7.46. The molecule has 0 unspecified atom stereocenters. The van der Waals surface area contributed by atoms with Gasteiger partial charge in [-0.1, -0.05) is 48.9 Å². The van der Waals surface area contributed by atoms with Crippen molar-refractivity contribution in [2.75, 3.05) is 11.9 Å². The van der Waals surface area contributed by atoms with E-state index in [0.29, 0.717) is 34.3 Å². The first-order chi connectivity index (χ1) is 16.5. The summed E-state index contributed by atoms with van der Waals surface area (Å²) in [6, 6.07) is 22.9. The zero-order valence-electron chi connectivity index (χ0n) is 18.5. The van der Waals surface area contributed by atoms with Crippen molar-refractivity contribution in [3.8, 4) is 17.2 Å². The van der Waals surface area contributed by atoms with Crippen molar-refractivity contribution in [3.05, 3.63) is 106 Å². The van der Waals surface area contributed by atoms with Crippen molar-refractivity contribution in [2.45, 2.75) is 13.3 Å². The summed E-state index contributed by atoms with van der Waals surface area (Å²) in [5.74, 6) is 0.500. The lowest BCUT2D eigenvalue weighted by Gasteiger charge is -2.15. The smallest absolute Gasteiger partial charge is 0.299 e. The summed E-state index contributed by atoms with van der Waals surface area (Å²) in [4.78, 5) is 25.9. The maximum atomic E-state index is 13.5. The van der Waals surface area contributed by atoms with Crippen LogP contribution in [0.3, 0.4) is 0 Å². The highest BCUT2D eigenvalue weighted by molar-refractivity contribution is 6.30. The molecule has 0 fully saturated rings. The van der Waals surface area contributed by atoms with Crippen LogP contribution in [0.2, 0.25) is 5.02 Å². The Morgan fingerprint density at radius 2 is 1.82 bits per heavy atom. The molecule has 7 nitrogen and oxygen atoms in total. The van der Waals surface area contributed by atoms with Gasteiger partial charge in [-0.3, -0.25) is 9.59 Å². The molecule has 0 bridgehead atoms. The highest BCUT2D eigenvalue weighted by atomic mass is 35.5. The summed E-state index contributed by atoms with van der Waals surface area (Å²) in [7, 11) is 0. The summed E-state index contributed by atoms with van der Waals surface area (Å²) in [5.41, 5.74) is 1.41. The fourth-order valence-corrected chi connectivity index (χ4v) is 3.44. The molecule has 0 saturated carbocycles. The van der Waals surface area contributed by atoms with Gasteiger partial charge in [0.1, 0.15) is 5.75 Å². The minimum atomic E-state index is -0.411. The molecule has 4 rings (SSSR count). The van der Waals surface area contributed by atoms with Gasteiger partial charge < -0.3 is 15.4 Å². The molecule has 0 aliphatic heterocycles. The average Bonchev–Trinajstić information content (AvgIpc) is 2.85. The first-order valence-electron chi connectivity index (χ1n) is 10.8. The van der Waals surface area contributed by atoms with E-state index in [0.717, 1.165) is 6.42 Å². The number of ether oxygens (including phenoxy) is 1. The number of para-hydroxylation sites is 1. The monoisotopic (exact) mass is 474 g/mol. The van der Waals surface area contributed by atoms with E-state index in [-0.39, 0.29) is 17.3 Å². The van der Waals surface area contributed by atoms with Crippen molar-refractivity contribution < 1.29 is 9.53 Å². The van der Waals surface area contributed by atoms with Gasteiger partial charge in [0.05, 0.1) is 11.9 Å². The van der Waals surface area contributed by atoms with Crippen LogP contribution in [0.15, 0.2) is 89.9 Å². The molecule has 0 saturated heterocycles. The molecule has 8 heteroatoms. The van der Waals surface area contributed by atoms with E-state index >= 15 is 0 Å². The van der Waals surface area contributed by atoms with E-state index in [1.54, 1.807) is 60.7 Å². The van der Waals surface area contributed by atoms with Gasteiger partial charge >= 0.3 is 0 Å². The number of hydrogen-bond donors (Lipinski definition) is 2. The zero-order chi connectivity index (χ0) is 23.9. The molecule has 0 aliphatic rings. The van der Waals surface area contributed by atoms with Gasteiger partial charge in [0, 0.05) is 22.8 Å². The molecule has 2 N–H and O–H groups in total. The fraction of sp³-hybridized carbons (Fsp3) is 0.115. The van der Waals surface area contributed by atoms with Crippen molar-refractivity contribution in [3.63, 3.8) is 0 Å². The molecule has 172 valence electrons. The van der Waals surface area contributed by atoms with Gasteiger partial charge in [-0.15, -0.1) is 0 Å². The van der Waals surface area contributed by atoms with Crippen molar-refractivity contribution in [2.24, 2.45) is 0 Å². The summed E-state index contributed by atoms with van der Waals surface area (Å²) < 4.78 is 7.25. The molecular weight excluding hydrogens is 452 g/mol. The van der Waals surface area contributed by atoms with Crippen LogP contribution in [0.4, 0.5) is 11.4 Å². The maximum absolute atomic E-state index is 13.5. The number of carbonyl (C=O) groups excluding carboxylic acids is 1. The topological polar surface area (TPSA) is 85.2 Å². The minimum Gasteiger partial charge on any atom is -0.453 e. The Labute approximate surface area is 202 Å². The van der Waals surface area contributed by atoms with Crippen LogP contribution in [-0.4, -0.2) is 22.2 Å². The third-order valence-corrected chi connectivity index (χ3v) is 5.13. The van der Waals surface area contributed by atoms with Crippen molar-refractivity contribution in [1.29, 1.82) is 0 Å². The number of hydrogen-bond acceptors (Lipinski definition) is 5. The predicted octanol–water partition coefficient (Wildman–Crippen LogP) is 5.56. The van der Waals surface area contributed by atoms with Gasteiger partial charge in [0.2, 0.25) is 0 Å². The third kappa shape index (κ3) is 5.44. The Morgan fingerprint density at radius 1 is 1.03 bits per heavy atom. The number of aromatic nitrogens is 2. The highest BCUT2D eigenvalue weighted by Crippen LogP contribution is 2.30. The van der Waals surface area contributed by atoms with Crippen LogP contribution in [0.5, 0.6) is 11.5 Å². The lowest BCUT2D eigenvalue weighted by molar-refractivity contribution is 0.0953. The van der Waals surface area contributed by atoms with Gasteiger partial charge in [-0.05, 0) is 55.0 Å². The Morgan fingerprint density at radius 3 is 2.59 bits per heavy atom. The molecule has 0 spiro atoms. The second kappa shape index (κ2) is 10.7. The van der Waals surface area contributed by atoms with Crippen molar-refractivity contribution >= 4 is 28.9 Å². The fourth-order valence-electron chi connectivity index (χ4n) is 3.26. The van der Waals surface area contributed by atoms with Crippen LogP contribution >= 0.6 is 11.6 Å². The Balaban J connectivity index is 1.74. The lowest BCUT2D eigenvalue weighted by atomic mass is 10.2. The molecule has 4 aromatic rings. The molecule has 1 heterocycles. The second-order valence-corrected chi connectivity index (χ2v) is 7.89. The van der Waals surface area contributed by atoms with Crippen LogP contribution in [-0.2, 0) is 0 Å². The third-order valence-electron chi connectivity index (χ3n) is 4.90. The summed E-state index contributed by atoms with van der Waals surface area (Å²) in [6.45, 7) is 2.57. The number of nitrogens with one attached hydrogen (secondary N) is 2. The lowest BCUT2D eigenvalue weighted by Crippen LogP contribution is -2.25. The average molecular weight is 475 g/mol. The largest absolute Gasteiger partial charge is 0.453 e. The molecule has 0 aliphatic carbocycles. The maximum Gasteiger partial charge on any atom is 0.299 e. The first-order valence-corrected chi connectivity index (χ1v) is 11.2. The first kappa shape index (κ1) is 23.1. The summed E-state index contributed by atoms with van der Waals surface area (Å²) in [5, 5.41) is 10.8. The number of rotatable bonds is 8. The zero-order valence-corrected chi connectivity index (χ0v) is 19.3. The Kier molecular flexibility index (Phi) is 7.25. The predicted molar refractivity (Wildman–Crippen MR) is 134 cm³/mol. The normalized spacial score (nSPS) is 10.5. The SMILES string of the molecule is CCCNC(=O)c1cccc(Nc2c(Oc3cccc(Cl)c3)cnn(-c3ccccc3)c2=O)c1. The Bertz CT molecular complexity index is 1360. The van der Waals surface area contributed by atoms with E-state index in [1.807, 2.05) is 25.1 Å². The van der Waals surface area contributed by atoms with Crippen LogP contribution in [0.25, 0.3) is 5.69 Å². The van der Waals surface area contributed by atoms with E-state index in [2.05, 4.69) is 15.7 Å². The van der Waals surface area contributed by atoms with Gasteiger partial charge in [-0.25, -0.2) is 0 Å². The van der Waals surface area contributed by atoms with Gasteiger partial charge in [0.15, 0.2) is 11.4 Å². The minimum absolute atomic E-state index is 0.171. The summed E-state index contributed by atoms with van der Waals surface area (Å²) in [6.07, 6.45) is 2.30. The van der Waals surface area contributed by atoms with E-state index in [9.17, 15) is 9.59 Å². The molecule has 3 aromatic carbocycles. The van der Waals surface area contributed by atoms with E-state index in [4.69, 9.17) is 16.3 Å². The standard InChI is InChI=1S/C26H23ClN4O3/c1-2-14-28-25(32)18-8-6-10-20(15-18)30-24-23(34-22-13-7-9-19(27)16-22)17-29-31(26(24)33)21-11-4-3-5-12-21/h3-13,15-17,30H,2,14H2,1H3,(H,28,32). The quantitative estimate of drug-likeness (QED) is 0.349. The van der Waals surface area contributed by atoms with Crippen LogP contribution in [0, 0.1) is 0 Å². The molecule has 1 amide bonds. The Hall–Kier alpha value is -4.10. The van der Waals surface area contributed by atoms with E-state index < -0.39 is 5.56 Å². The van der Waals surface area contributed by atoms with Crippen LogP contribution < -0.4 is 20.9 Å². The van der Waals surface area contributed by atoms with Gasteiger partial charge in [-0.2, -0.15) is 9.78 Å². The molecule has 34 heavy (non-hydrogen) atoms. The number of amides is 1. The number of carbonyl (C=O) groups is 1. The molecule has 0 atom stereocenters. The van der Waals surface area contributed by atoms with E-state index in [1.165, 1.54) is 10.9 Å².